The molecule has 7 heteroatoms. The van der Waals surface area contributed by atoms with Gasteiger partial charge in [-0.05, 0) is 25.2 Å². The summed E-state index contributed by atoms with van der Waals surface area (Å²) >= 11 is 5.74. The first kappa shape index (κ1) is 14.7. The largest absolute Gasteiger partial charge is 0.433 e. The van der Waals surface area contributed by atoms with E-state index >= 15 is 0 Å². The van der Waals surface area contributed by atoms with Crippen LogP contribution in [0.5, 0.6) is 5.75 Å². The maximum atomic E-state index is 12.0. The number of hydrogen-bond donors (Lipinski definition) is 2. The average molecular weight is 279 g/mol. The second-order valence-corrected chi connectivity index (χ2v) is 3.83. The van der Waals surface area contributed by atoms with Gasteiger partial charge < -0.3 is 15.4 Å². The van der Waals surface area contributed by atoms with Gasteiger partial charge in [-0.15, -0.1) is 0 Å². The van der Waals surface area contributed by atoms with Gasteiger partial charge in [-0.1, -0.05) is 11.6 Å². The van der Waals surface area contributed by atoms with Crippen LogP contribution in [0.2, 0.25) is 5.02 Å². The fourth-order valence-electron chi connectivity index (χ4n) is 1.23. The Morgan fingerprint density at radius 2 is 2.22 bits per heavy atom. The van der Waals surface area contributed by atoms with Crippen molar-refractivity contribution in [1.82, 2.24) is 5.32 Å². The molecule has 0 spiro atoms. The highest BCUT2D eigenvalue weighted by atomic mass is 35.5. The number of halogens is 3. The van der Waals surface area contributed by atoms with Crippen molar-refractivity contribution in [3.8, 4) is 5.75 Å². The molecule has 0 radical (unpaired) electrons. The topological polar surface area (TPSA) is 50.4 Å². The van der Waals surface area contributed by atoms with Crippen molar-refractivity contribution in [2.75, 3.05) is 18.9 Å². The summed E-state index contributed by atoms with van der Waals surface area (Å²) in [6, 6.07) is 4.08. The van der Waals surface area contributed by atoms with Gasteiger partial charge in [0.25, 0.3) is 0 Å². The number of rotatable bonds is 6. The molecule has 0 bridgehead atoms. The summed E-state index contributed by atoms with van der Waals surface area (Å²) in [6.45, 7) is -2.38. The molecular weight excluding hydrogens is 266 g/mol. The summed E-state index contributed by atoms with van der Waals surface area (Å²) in [5.41, 5.74) is 0.433. The third-order valence-electron chi connectivity index (χ3n) is 2.03. The predicted molar refractivity (Wildman–Crippen MR) is 65.3 cm³/mol. The zero-order valence-electron chi connectivity index (χ0n) is 9.67. The highest BCUT2D eigenvalue weighted by Gasteiger charge is 2.10. The van der Waals surface area contributed by atoms with Crippen molar-refractivity contribution in [2.45, 2.75) is 13.0 Å². The van der Waals surface area contributed by atoms with E-state index in [1.807, 2.05) is 0 Å². The molecule has 0 atom stereocenters. The number of carbonyl (C=O) groups excluding carboxylic acids is 1. The summed E-state index contributed by atoms with van der Waals surface area (Å²) in [5.74, 6) is -0.317. The van der Waals surface area contributed by atoms with Crippen molar-refractivity contribution in [3.05, 3.63) is 23.2 Å². The highest BCUT2D eigenvalue weighted by molar-refractivity contribution is 6.32. The molecule has 0 unspecified atom stereocenters. The molecule has 18 heavy (non-hydrogen) atoms. The molecule has 1 aromatic carbocycles. The average Bonchev–Trinajstić information content (AvgIpc) is 2.29. The molecule has 1 aromatic rings. The lowest BCUT2D eigenvalue weighted by molar-refractivity contribution is -0.116. The zero-order chi connectivity index (χ0) is 13.5. The number of amides is 1. The zero-order valence-corrected chi connectivity index (χ0v) is 10.4. The van der Waals surface area contributed by atoms with Crippen LogP contribution in [0.4, 0.5) is 14.5 Å². The molecule has 0 saturated carbocycles. The SMILES string of the molecule is CNCCC(=O)Nc1ccc(OC(F)F)c(Cl)c1. The molecule has 0 aliphatic heterocycles. The summed E-state index contributed by atoms with van der Waals surface area (Å²) in [7, 11) is 1.74. The van der Waals surface area contributed by atoms with Gasteiger partial charge in [0.1, 0.15) is 5.75 Å². The number of alkyl halides is 2. The molecule has 100 valence electrons. The van der Waals surface area contributed by atoms with E-state index in [1.54, 1.807) is 7.05 Å². The van der Waals surface area contributed by atoms with E-state index in [2.05, 4.69) is 15.4 Å². The van der Waals surface area contributed by atoms with Gasteiger partial charge in [0.05, 0.1) is 5.02 Å². The predicted octanol–water partition coefficient (Wildman–Crippen LogP) is 2.49. The Bertz CT molecular complexity index is 416. The van der Waals surface area contributed by atoms with Crippen molar-refractivity contribution in [2.24, 2.45) is 0 Å². The highest BCUT2D eigenvalue weighted by Crippen LogP contribution is 2.28. The van der Waals surface area contributed by atoms with Gasteiger partial charge in [0, 0.05) is 18.7 Å². The van der Waals surface area contributed by atoms with Crippen LogP contribution in [0.3, 0.4) is 0 Å². The Balaban J connectivity index is 2.63. The Morgan fingerprint density at radius 3 is 2.78 bits per heavy atom. The smallest absolute Gasteiger partial charge is 0.387 e. The monoisotopic (exact) mass is 278 g/mol. The molecule has 4 nitrogen and oxygen atoms in total. The summed E-state index contributed by atoms with van der Waals surface area (Å²) in [4.78, 5) is 11.4. The van der Waals surface area contributed by atoms with E-state index < -0.39 is 6.61 Å². The quantitative estimate of drug-likeness (QED) is 0.840. The molecule has 1 rings (SSSR count). The third-order valence-corrected chi connectivity index (χ3v) is 2.33. The Labute approximate surface area is 108 Å². The molecule has 2 N–H and O–H groups in total. The maximum absolute atomic E-state index is 12.0. The maximum Gasteiger partial charge on any atom is 0.387 e. The summed E-state index contributed by atoms with van der Waals surface area (Å²) in [5, 5.41) is 5.44. The number of hydrogen-bond acceptors (Lipinski definition) is 3. The number of carbonyl (C=O) groups is 1. The van der Waals surface area contributed by atoms with Gasteiger partial charge in [0.15, 0.2) is 0 Å². The summed E-state index contributed by atoms with van der Waals surface area (Å²) in [6.07, 6.45) is 0.309. The Morgan fingerprint density at radius 1 is 1.50 bits per heavy atom. The van der Waals surface area contributed by atoms with E-state index in [0.717, 1.165) is 0 Å². The third kappa shape index (κ3) is 4.85. The van der Waals surface area contributed by atoms with E-state index in [0.29, 0.717) is 18.7 Å². The first-order valence-corrected chi connectivity index (χ1v) is 5.59. The van der Waals surface area contributed by atoms with Gasteiger partial charge in [-0.2, -0.15) is 8.78 Å². The Kier molecular flexibility index (Phi) is 5.80. The van der Waals surface area contributed by atoms with E-state index in [4.69, 9.17) is 11.6 Å². The van der Waals surface area contributed by atoms with Gasteiger partial charge >= 0.3 is 6.61 Å². The molecule has 0 fully saturated rings. The number of nitrogens with one attached hydrogen (secondary N) is 2. The first-order valence-electron chi connectivity index (χ1n) is 5.21. The minimum Gasteiger partial charge on any atom is -0.433 e. The minimum atomic E-state index is -2.93. The normalized spacial score (nSPS) is 10.5. The second kappa shape index (κ2) is 7.13. The first-order chi connectivity index (χ1) is 8.52. The summed E-state index contributed by atoms with van der Waals surface area (Å²) < 4.78 is 28.2. The lowest BCUT2D eigenvalue weighted by atomic mass is 10.3. The van der Waals surface area contributed by atoms with Crippen molar-refractivity contribution in [3.63, 3.8) is 0 Å². The Hall–Kier alpha value is -1.40. The van der Waals surface area contributed by atoms with Crippen LogP contribution in [0.25, 0.3) is 0 Å². The molecule has 0 aliphatic rings. The van der Waals surface area contributed by atoms with Crippen molar-refractivity contribution < 1.29 is 18.3 Å². The minimum absolute atomic E-state index is 0.0155. The molecule has 0 saturated heterocycles. The van der Waals surface area contributed by atoms with Crippen LogP contribution in [0.1, 0.15) is 6.42 Å². The van der Waals surface area contributed by atoms with Gasteiger partial charge in [-0.3, -0.25) is 4.79 Å². The van der Waals surface area contributed by atoms with Crippen LogP contribution in [0.15, 0.2) is 18.2 Å². The van der Waals surface area contributed by atoms with Crippen LogP contribution >= 0.6 is 11.6 Å². The fourth-order valence-corrected chi connectivity index (χ4v) is 1.46. The lowest BCUT2D eigenvalue weighted by Gasteiger charge is -2.09. The molecular formula is C11H13ClF2N2O2. The fraction of sp³-hybridized carbons (Fsp3) is 0.364. The van der Waals surface area contributed by atoms with E-state index in [-0.39, 0.29) is 16.7 Å². The van der Waals surface area contributed by atoms with Gasteiger partial charge in [-0.25, -0.2) is 0 Å². The number of benzene rings is 1. The van der Waals surface area contributed by atoms with Crippen molar-refractivity contribution in [1.29, 1.82) is 0 Å². The second-order valence-electron chi connectivity index (χ2n) is 3.43. The number of ether oxygens (including phenoxy) is 1. The van der Waals surface area contributed by atoms with E-state index in [1.165, 1.54) is 18.2 Å². The molecule has 0 aromatic heterocycles. The van der Waals surface area contributed by atoms with Crippen LogP contribution in [-0.4, -0.2) is 26.1 Å². The van der Waals surface area contributed by atoms with Crippen LogP contribution in [-0.2, 0) is 4.79 Å². The van der Waals surface area contributed by atoms with Crippen LogP contribution < -0.4 is 15.4 Å². The van der Waals surface area contributed by atoms with Crippen LogP contribution in [0, 0.1) is 0 Å². The van der Waals surface area contributed by atoms with Crippen molar-refractivity contribution >= 4 is 23.2 Å². The molecule has 0 heterocycles. The van der Waals surface area contributed by atoms with Gasteiger partial charge in [0.2, 0.25) is 5.91 Å². The molecule has 1 amide bonds. The van der Waals surface area contributed by atoms with E-state index in [9.17, 15) is 13.6 Å². The standard InChI is InChI=1S/C11H13ClF2N2O2/c1-15-5-4-10(17)16-7-2-3-9(8(12)6-7)18-11(13)14/h2-3,6,11,15H,4-5H2,1H3,(H,16,17). The molecule has 0 aliphatic carbocycles. The number of anilines is 1. The lowest BCUT2D eigenvalue weighted by Crippen LogP contribution is -2.18.